The van der Waals surface area contributed by atoms with Crippen LogP contribution in [0.1, 0.15) is 26.3 Å². The second-order valence-electron chi connectivity index (χ2n) is 4.67. The fourth-order valence-electron chi connectivity index (χ4n) is 2.32. The Morgan fingerprint density at radius 3 is 2.50 bits per heavy atom. The van der Waals surface area contributed by atoms with Crippen LogP contribution in [-0.2, 0) is 0 Å². The van der Waals surface area contributed by atoms with Crippen molar-refractivity contribution in [1.29, 1.82) is 0 Å². The monoisotopic (exact) mass is 286 g/mol. The molecule has 1 heterocycles. The first-order chi connectivity index (χ1) is 9.50. The lowest BCUT2D eigenvalue weighted by Crippen LogP contribution is -2.29. The molecule has 0 saturated heterocycles. The van der Waals surface area contributed by atoms with E-state index in [1.54, 1.807) is 36.4 Å². The Balaban J connectivity index is 2.17. The highest BCUT2D eigenvalue weighted by molar-refractivity contribution is 6.40. The third-order valence-corrected chi connectivity index (χ3v) is 3.59. The molecule has 4 nitrogen and oxygen atoms in total. The van der Waals surface area contributed by atoms with Crippen molar-refractivity contribution in [3.8, 4) is 0 Å². The molecule has 0 aliphatic carbocycles. The zero-order valence-electron chi connectivity index (χ0n) is 10.7. The third kappa shape index (κ3) is 1.69. The molecule has 0 radical (unpaired) electrons. The van der Waals surface area contributed by atoms with Gasteiger partial charge in [0, 0.05) is 5.69 Å². The maximum Gasteiger partial charge on any atom is 0.268 e. The standard InChI is InChI=1S/C15H11ClN2O2/c1-8-5-6-12(10(16)7-8)18-14(19)9-3-2-4-11(17)13(9)15(18)20/h2-7H,17H2,1H3. The highest BCUT2D eigenvalue weighted by Gasteiger charge is 2.38. The van der Waals surface area contributed by atoms with E-state index in [-0.39, 0.29) is 5.56 Å². The van der Waals surface area contributed by atoms with Crippen LogP contribution in [0.15, 0.2) is 36.4 Å². The average Bonchev–Trinajstić information content (AvgIpc) is 2.64. The minimum absolute atomic E-state index is 0.245. The molecule has 2 aromatic carbocycles. The highest BCUT2D eigenvalue weighted by Crippen LogP contribution is 2.35. The zero-order chi connectivity index (χ0) is 14.4. The van der Waals surface area contributed by atoms with Gasteiger partial charge in [0.2, 0.25) is 0 Å². The number of amides is 2. The molecule has 0 fully saturated rings. The summed E-state index contributed by atoms with van der Waals surface area (Å²) in [6.45, 7) is 1.88. The topological polar surface area (TPSA) is 63.4 Å². The van der Waals surface area contributed by atoms with Crippen LogP contribution in [0.3, 0.4) is 0 Å². The molecule has 0 aromatic heterocycles. The van der Waals surface area contributed by atoms with Crippen molar-refractivity contribution in [2.24, 2.45) is 0 Å². The van der Waals surface area contributed by atoms with E-state index >= 15 is 0 Å². The number of carbonyl (C=O) groups excluding carboxylic acids is 2. The molecule has 2 amide bonds. The van der Waals surface area contributed by atoms with E-state index in [9.17, 15) is 9.59 Å². The first-order valence-electron chi connectivity index (χ1n) is 6.04. The first kappa shape index (κ1) is 12.7. The predicted molar refractivity (Wildman–Crippen MR) is 78.2 cm³/mol. The molecule has 1 aliphatic rings. The molecule has 0 bridgehead atoms. The lowest BCUT2D eigenvalue weighted by molar-refractivity contribution is 0.0926. The number of anilines is 2. The Hall–Kier alpha value is -2.33. The Morgan fingerprint density at radius 1 is 1.10 bits per heavy atom. The van der Waals surface area contributed by atoms with Crippen molar-refractivity contribution in [2.45, 2.75) is 6.92 Å². The van der Waals surface area contributed by atoms with Gasteiger partial charge < -0.3 is 5.73 Å². The van der Waals surface area contributed by atoms with Gasteiger partial charge in [-0.3, -0.25) is 9.59 Å². The molecule has 0 saturated carbocycles. The van der Waals surface area contributed by atoms with Crippen molar-refractivity contribution in [2.75, 3.05) is 10.6 Å². The van der Waals surface area contributed by atoms with Gasteiger partial charge in [0.15, 0.2) is 0 Å². The van der Waals surface area contributed by atoms with Crippen LogP contribution in [0.2, 0.25) is 5.02 Å². The summed E-state index contributed by atoms with van der Waals surface area (Å²) in [6.07, 6.45) is 0. The summed E-state index contributed by atoms with van der Waals surface area (Å²) in [7, 11) is 0. The lowest BCUT2D eigenvalue weighted by Gasteiger charge is -2.15. The molecule has 100 valence electrons. The SMILES string of the molecule is Cc1ccc(N2C(=O)c3cccc(N)c3C2=O)c(Cl)c1. The molecular weight excluding hydrogens is 276 g/mol. The molecule has 0 spiro atoms. The maximum atomic E-state index is 12.4. The second-order valence-corrected chi connectivity index (χ2v) is 5.08. The number of hydrogen-bond acceptors (Lipinski definition) is 3. The Bertz CT molecular complexity index is 756. The van der Waals surface area contributed by atoms with Crippen LogP contribution in [0.5, 0.6) is 0 Å². The molecule has 0 unspecified atom stereocenters. The molecule has 2 aromatic rings. The van der Waals surface area contributed by atoms with Gasteiger partial charge in [-0.05, 0) is 36.8 Å². The number of halogens is 1. The molecule has 5 heteroatoms. The Morgan fingerprint density at radius 2 is 1.85 bits per heavy atom. The largest absolute Gasteiger partial charge is 0.398 e. The summed E-state index contributed by atoms with van der Waals surface area (Å²) < 4.78 is 0. The minimum Gasteiger partial charge on any atom is -0.398 e. The fourth-order valence-corrected chi connectivity index (χ4v) is 2.64. The van der Waals surface area contributed by atoms with Crippen LogP contribution in [-0.4, -0.2) is 11.8 Å². The van der Waals surface area contributed by atoms with E-state index in [0.29, 0.717) is 22.0 Å². The van der Waals surface area contributed by atoms with Crippen molar-refractivity contribution in [1.82, 2.24) is 0 Å². The maximum absolute atomic E-state index is 12.4. The van der Waals surface area contributed by atoms with Crippen LogP contribution in [0.25, 0.3) is 0 Å². The number of nitrogens with two attached hydrogens (primary N) is 1. The number of imide groups is 1. The summed E-state index contributed by atoms with van der Waals surface area (Å²) >= 11 is 6.15. The highest BCUT2D eigenvalue weighted by atomic mass is 35.5. The summed E-state index contributed by atoms with van der Waals surface area (Å²) in [4.78, 5) is 25.9. The molecular formula is C15H11ClN2O2. The van der Waals surface area contributed by atoms with Crippen LogP contribution < -0.4 is 10.6 Å². The van der Waals surface area contributed by atoms with Gasteiger partial charge in [-0.1, -0.05) is 23.7 Å². The van der Waals surface area contributed by atoms with Crippen molar-refractivity contribution in [3.05, 3.63) is 58.1 Å². The minimum atomic E-state index is -0.436. The number of benzene rings is 2. The normalized spacial score (nSPS) is 13.8. The summed E-state index contributed by atoms with van der Waals surface area (Å²) in [5.41, 5.74) is 7.98. The number of hydrogen-bond donors (Lipinski definition) is 1. The number of fused-ring (bicyclic) bond motifs is 1. The van der Waals surface area contributed by atoms with Gasteiger partial charge in [-0.2, -0.15) is 0 Å². The van der Waals surface area contributed by atoms with Gasteiger partial charge in [-0.25, -0.2) is 4.90 Å². The number of nitrogens with zero attached hydrogens (tertiary/aromatic N) is 1. The Kier molecular flexibility index (Phi) is 2.76. The molecule has 3 rings (SSSR count). The van der Waals surface area contributed by atoms with E-state index in [0.717, 1.165) is 10.5 Å². The van der Waals surface area contributed by atoms with Crippen molar-refractivity contribution >= 4 is 34.8 Å². The number of carbonyl (C=O) groups is 2. The van der Waals surface area contributed by atoms with E-state index in [4.69, 9.17) is 17.3 Å². The van der Waals surface area contributed by atoms with Gasteiger partial charge in [-0.15, -0.1) is 0 Å². The van der Waals surface area contributed by atoms with E-state index in [2.05, 4.69) is 0 Å². The predicted octanol–water partition coefficient (Wildman–Crippen LogP) is 3.03. The molecule has 1 aliphatic heterocycles. The van der Waals surface area contributed by atoms with Crippen molar-refractivity contribution in [3.63, 3.8) is 0 Å². The van der Waals surface area contributed by atoms with E-state index in [1.165, 1.54) is 0 Å². The van der Waals surface area contributed by atoms with Gasteiger partial charge >= 0.3 is 0 Å². The van der Waals surface area contributed by atoms with Crippen LogP contribution in [0.4, 0.5) is 11.4 Å². The smallest absolute Gasteiger partial charge is 0.268 e. The molecule has 2 N–H and O–H groups in total. The fraction of sp³-hybridized carbons (Fsp3) is 0.0667. The zero-order valence-corrected chi connectivity index (χ0v) is 11.4. The van der Waals surface area contributed by atoms with E-state index in [1.807, 2.05) is 6.92 Å². The van der Waals surface area contributed by atoms with Crippen LogP contribution >= 0.6 is 11.6 Å². The third-order valence-electron chi connectivity index (χ3n) is 3.29. The quantitative estimate of drug-likeness (QED) is 0.647. The lowest BCUT2D eigenvalue weighted by atomic mass is 10.1. The first-order valence-corrected chi connectivity index (χ1v) is 6.42. The van der Waals surface area contributed by atoms with Gasteiger partial charge in [0.05, 0.1) is 21.8 Å². The van der Waals surface area contributed by atoms with Crippen LogP contribution in [0, 0.1) is 6.92 Å². The Labute approximate surface area is 120 Å². The number of rotatable bonds is 1. The van der Waals surface area contributed by atoms with E-state index < -0.39 is 11.8 Å². The van der Waals surface area contributed by atoms with Gasteiger partial charge in [0.25, 0.3) is 11.8 Å². The number of aryl methyl sites for hydroxylation is 1. The number of nitrogen functional groups attached to an aromatic ring is 1. The van der Waals surface area contributed by atoms with Crippen molar-refractivity contribution < 1.29 is 9.59 Å². The summed E-state index contributed by atoms with van der Waals surface area (Å²) in [5, 5.41) is 0.359. The molecule has 20 heavy (non-hydrogen) atoms. The second kappa shape index (κ2) is 4.35. The summed E-state index contributed by atoms with van der Waals surface area (Å²) in [5.74, 6) is -0.836. The summed E-state index contributed by atoms with van der Waals surface area (Å²) in [6, 6.07) is 10.0. The average molecular weight is 287 g/mol. The van der Waals surface area contributed by atoms with Gasteiger partial charge in [0.1, 0.15) is 0 Å². The molecule has 0 atom stereocenters.